The summed E-state index contributed by atoms with van der Waals surface area (Å²) < 4.78 is 1.83. The number of nitrogens with zero attached hydrogens (tertiary/aromatic N) is 4. The van der Waals surface area contributed by atoms with Gasteiger partial charge in [0.05, 0.1) is 11.7 Å². The van der Waals surface area contributed by atoms with E-state index in [2.05, 4.69) is 25.8 Å². The molecule has 1 atom stereocenters. The summed E-state index contributed by atoms with van der Waals surface area (Å²) in [6.45, 7) is 4.31. The molecule has 0 radical (unpaired) electrons. The van der Waals surface area contributed by atoms with Crippen LogP contribution in [-0.2, 0) is 22.6 Å². The molecule has 0 aliphatic carbocycles. The van der Waals surface area contributed by atoms with Crippen molar-refractivity contribution in [3.8, 4) is 0 Å². The number of nitrogens with one attached hydrogen (secondary N) is 2. The molecule has 0 aliphatic rings. The van der Waals surface area contributed by atoms with Gasteiger partial charge in [0.2, 0.25) is 11.8 Å². The van der Waals surface area contributed by atoms with Crippen molar-refractivity contribution in [1.82, 2.24) is 19.7 Å². The van der Waals surface area contributed by atoms with Gasteiger partial charge < -0.3 is 15.2 Å². The van der Waals surface area contributed by atoms with Gasteiger partial charge in [-0.25, -0.2) is 4.98 Å². The summed E-state index contributed by atoms with van der Waals surface area (Å²) in [4.78, 5) is 28.7. The van der Waals surface area contributed by atoms with Crippen molar-refractivity contribution >= 4 is 57.3 Å². The van der Waals surface area contributed by atoms with Crippen LogP contribution in [0.1, 0.15) is 19.7 Å². The number of thioether (sulfide) groups is 1. The Labute approximate surface area is 181 Å². The van der Waals surface area contributed by atoms with Gasteiger partial charge in [-0.15, -0.1) is 21.5 Å². The first-order valence-electron chi connectivity index (χ1n) is 8.80. The number of benzene rings is 1. The molecule has 1 aromatic carbocycles. The molecule has 0 bridgehead atoms. The first-order valence-corrected chi connectivity index (χ1v) is 10.9. The van der Waals surface area contributed by atoms with Crippen molar-refractivity contribution in [3.05, 3.63) is 46.7 Å². The van der Waals surface area contributed by atoms with Gasteiger partial charge in [-0.1, -0.05) is 23.4 Å². The molecule has 152 valence electrons. The van der Waals surface area contributed by atoms with Crippen LogP contribution in [0.15, 0.2) is 41.0 Å². The number of anilines is 2. The zero-order valence-electron chi connectivity index (χ0n) is 15.8. The molecule has 0 fully saturated rings. The van der Waals surface area contributed by atoms with Gasteiger partial charge >= 0.3 is 0 Å². The fraction of sp³-hybridized carbons (Fsp3) is 0.278. The van der Waals surface area contributed by atoms with Crippen molar-refractivity contribution < 1.29 is 9.59 Å². The maximum Gasteiger partial charge on any atom is 0.239 e. The number of aromatic nitrogens is 4. The molecule has 0 saturated heterocycles. The molecule has 2 N–H and O–H groups in total. The highest BCUT2D eigenvalue weighted by molar-refractivity contribution is 8.00. The molecule has 11 heteroatoms. The second-order valence-corrected chi connectivity index (χ2v) is 8.60. The quantitative estimate of drug-likeness (QED) is 0.507. The number of halogens is 1. The minimum atomic E-state index is -0.399. The molecule has 2 heterocycles. The van der Waals surface area contributed by atoms with E-state index >= 15 is 0 Å². The number of hydrogen-bond donors (Lipinski definition) is 2. The summed E-state index contributed by atoms with van der Waals surface area (Å²) in [5.41, 5.74) is 0.657. The van der Waals surface area contributed by atoms with Crippen molar-refractivity contribution in [2.24, 2.45) is 0 Å². The first-order chi connectivity index (χ1) is 14.0. The fourth-order valence-electron chi connectivity index (χ4n) is 2.44. The standard InChI is InChI=1S/C18H19ClN6O2S2/c1-3-25-14(10-15(26)21-13-6-4-12(19)5-7-13)23-24-18(25)29-11(2)16(27)22-17-20-8-9-28-17/h4-9,11H,3,10H2,1-2H3,(H,21,26)(H,20,22,27). The van der Waals surface area contributed by atoms with E-state index in [4.69, 9.17) is 11.6 Å². The number of thiazole rings is 1. The van der Waals surface area contributed by atoms with E-state index in [1.807, 2.05) is 11.5 Å². The molecule has 8 nitrogen and oxygen atoms in total. The van der Waals surface area contributed by atoms with Gasteiger partial charge in [0.15, 0.2) is 10.3 Å². The largest absolute Gasteiger partial charge is 0.326 e. The molecule has 29 heavy (non-hydrogen) atoms. The lowest BCUT2D eigenvalue weighted by Crippen LogP contribution is -2.23. The second-order valence-electron chi connectivity index (χ2n) is 5.96. The van der Waals surface area contributed by atoms with E-state index in [0.717, 1.165) is 0 Å². The van der Waals surface area contributed by atoms with Crippen LogP contribution < -0.4 is 10.6 Å². The molecule has 0 aliphatic heterocycles. The van der Waals surface area contributed by atoms with E-state index in [1.165, 1.54) is 23.1 Å². The molecule has 0 saturated carbocycles. The highest BCUT2D eigenvalue weighted by atomic mass is 35.5. The monoisotopic (exact) mass is 450 g/mol. The minimum Gasteiger partial charge on any atom is -0.326 e. The van der Waals surface area contributed by atoms with Crippen LogP contribution in [0.3, 0.4) is 0 Å². The Balaban J connectivity index is 1.62. The van der Waals surface area contributed by atoms with Gasteiger partial charge in [-0.05, 0) is 38.1 Å². The van der Waals surface area contributed by atoms with E-state index in [1.54, 1.807) is 42.8 Å². The lowest BCUT2D eigenvalue weighted by Gasteiger charge is -2.11. The number of amides is 2. The summed E-state index contributed by atoms with van der Waals surface area (Å²) in [5.74, 6) is 0.159. The minimum absolute atomic E-state index is 0.0731. The average Bonchev–Trinajstić information content (AvgIpc) is 3.33. The van der Waals surface area contributed by atoms with Crippen LogP contribution in [0.5, 0.6) is 0 Å². The molecule has 2 amide bonds. The summed E-state index contributed by atoms with van der Waals surface area (Å²) >= 11 is 8.50. The van der Waals surface area contributed by atoms with Crippen molar-refractivity contribution in [2.45, 2.75) is 37.2 Å². The second kappa shape index (κ2) is 9.86. The van der Waals surface area contributed by atoms with Crippen LogP contribution in [0.4, 0.5) is 10.8 Å². The zero-order chi connectivity index (χ0) is 20.8. The van der Waals surface area contributed by atoms with E-state index in [9.17, 15) is 9.59 Å². The Morgan fingerprint density at radius 1 is 1.24 bits per heavy atom. The topological polar surface area (TPSA) is 102 Å². The Bertz CT molecular complexity index is 975. The summed E-state index contributed by atoms with van der Waals surface area (Å²) in [5, 5.41) is 17.0. The Kier molecular flexibility index (Phi) is 7.24. The molecule has 0 spiro atoms. The Morgan fingerprint density at radius 3 is 2.66 bits per heavy atom. The summed E-state index contributed by atoms with van der Waals surface area (Å²) in [6, 6.07) is 6.88. The average molecular weight is 451 g/mol. The molecule has 1 unspecified atom stereocenters. The van der Waals surface area contributed by atoms with Gasteiger partial charge in [0, 0.05) is 28.8 Å². The fourth-order valence-corrected chi connectivity index (χ4v) is 4.03. The highest BCUT2D eigenvalue weighted by Gasteiger charge is 2.21. The van der Waals surface area contributed by atoms with Crippen molar-refractivity contribution in [2.75, 3.05) is 10.6 Å². The van der Waals surface area contributed by atoms with Crippen LogP contribution in [0.25, 0.3) is 0 Å². The number of carbonyl (C=O) groups is 2. The molecular formula is C18H19ClN6O2S2. The van der Waals surface area contributed by atoms with E-state index in [0.29, 0.717) is 33.4 Å². The third-order valence-electron chi connectivity index (χ3n) is 3.87. The molecule has 2 aromatic heterocycles. The Morgan fingerprint density at radius 2 is 2.00 bits per heavy atom. The predicted molar refractivity (Wildman–Crippen MR) is 116 cm³/mol. The maximum atomic E-state index is 12.4. The molecule has 3 aromatic rings. The first kappa shape index (κ1) is 21.3. The van der Waals surface area contributed by atoms with Gasteiger partial charge in [0.25, 0.3) is 0 Å². The summed E-state index contributed by atoms with van der Waals surface area (Å²) in [7, 11) is 0. The molecule has 3 rings (SSSR count). The van der Waals surface area contributed by atoms with Crippen LogP contribution >= 0.6 is 34.7 Å². The van der Waals surface area contributed by atoms with E-state index < -0.39 is 5.25 Å². The van der Waals surface area contributed by atoms with Crippen LogP contribution in [0, 0.1) is 0 Å². The van der Waals surface area contributed by atoms with Crippen LogP contribution in [0.2, 0.25) is 5.02 Å². The smallest absolute Gasteiger partial charge is 0.239 e. The third kappa shape index (κ3) is 5.78. The predicted octanol–water partition coefficient (Wildman–Crippen LogP) is 3.71. The third-order valence-corrected chi connectivity index (χ3v) is 5.89. The van der Waals surface area contributed by atoms with Gasteiger partial charge in [-0.3, -0.25) is 9.59 Å². The number of rotatable bonds is 8. The molecular weight excluding hydrogens is 432 g/mol. The highest BCUT2D eigenvalue weighted by Crippen LogP contribution is 2.24. The van der Waals surface area contributed by atoms with Gasteiger partial charge in [-0.2, -0.15) is 0 Å². The Hall–Kier alpha value is -2.43. The zero-order valence-corrected chi connectivity index (χ0v) is 18.1. The normalized spacial score (nSPS) is 11.8. The summed E-state index contributed by atoms with van der Waals surface area (Å²) in [6.07, 6.45) is 1.71. The van der Waals surface area contributed by atoms with Crippen LogP contribution in [-0.4, -0.2) is 36.8 Å². The number of hydrogen-bond acceptors (Lipinski definition) is 7. The maximum absolute atomic E-state index is 12.4. The van der Waals surface area contributed by atoms with Gasteiger partial charge in [0.1, 0.15) is 5.82 Å². The van der Waals surface area contributed by atoms with Crippen molar-refractivity contribution in [1.29, 1.82) is 0 Å². The van der Waals surface area contributed by atoms with E-state index in [-0.39, 0.29) is 18.2 Å². The lowest BCUT2D eigenvalue weighted by molar-refractivity contribution is -0.116. The number of carbonyl (C=O) groups excluding carboxylic acids is 2. The lowest BCUT2D eigenvalue weighted by atomic mass is 10.3. The van der Waals surface area contributed by atoms with Crippen molar-refractivity contribution in [3.63, 3.8) is 0 Å². The SMILES string of the molecule is CCn1c(CC(=O)Nc2ccc(Cl)cc2)nnc1SC(C)C(=O)Nc1nccs1.